The van der Waals surface area contributed by atoms with Crippen molar-refractivity contribution in [3.8, 4) is 0 Å². The Morgan fingerprint density at radius 3 is 2.32 bits per heavy atom. The fourth-order valence-electron chi connectivity index (χ4n) is 3.04. The summed E-state index contributed by atoms with van der Waals surface area (Å²) in [5, 5.41) is 10.2. The number of benzene rings is 2. The summed E-state index contributed by atoms with van der Waals surface area (Å²) in [5.74, 6) is -2.02. The maximum Gasteiger partial charge on any atom is 0.313 e. The summed E-state index contributed by atoms with van der Waals surface area (Å²) in [5.41, 5.74) is 1.60. The molecule has 2 atom stereocenters. The minimum Gasteiger partial charge on any atom is -0.481 e. The van der Waals surface area contributed by atoms with Gasteiger partial charge in [0.15, 0.2) is 0 Å². The quantitative estimate of drug-likeness (QED) is 0.924. The van der Waals surface area contributed by atoms with E-state index in [-0.39, 0.29) is 5.91 Å². The molecule has 22 heavy (non-hydrogen) atoms. The average molecular weight is 316 g/mol. The molecule has 0 radical (unpaired) electrons. The van der Waals surface area contributed by atoms with Gasteiger partial charge < -0.3 is 10.0 Å². The van der Waals surface area contributed by atoms with Gasteiger partial charge in [0.05, 0.1) is 6.04 Å². The van der Waals surface area contributed by atoms with Gasteiger partial charge in [-0.05, 0) is 23.3 Å². The molecule has 0 spiro atoms. The molecule has 0 aromatic heterocycles. The number of likely N-dealkylation sites (N-methyl/N-ethyl adjacent to an activating group) is 1. The number of hydrogen-bond donors (Lipinski definition) is 1. The second-order valence-electron chi connectivity index (χ2n) is 5.29. The van der Waals surface area contributed by atoms with Crippen molar-refractivity contribution >= 4 is 23.5 Å². The van der Waals surface area contributed by atoms with Gasteiger partial charge >= 0.3 is 5.97 Å². The molecule has 1 heterocycles. The fourth-order valence-corrected chi connectivity index (χ4v) is 3.29. The van der Waals surface area contributed by atoms with E-state index >= 15 is 0 Å². The van der Waals surface area contributed by atoms with Crippen LogP contribution in [-0.4, -0.2) is 28.9 Å². The van der Waals surface area contributed by atoms with Crippen LogP contribution in [0.25, 0.3) is 0 Å². The summed E-state index contributed by atoms with van der Waals surface area (Å²) in [4.78, 5) is 25.9. The molecule has 0 saturated heterocycles. The van der Waals surface area contributed by atoms with Crippen molar-refractivity contribution in [2.24, 2.45) is 0 Å². The Bertz CT molecular complexity index is 759. The normalized spacial score (nSPS) is 20.6. The van der Waals surface area contributed by atoms with Crippen molar-refractivity contribution < 1.29 is 14.7 Å². The lowest BCUT2D eigenvalue weighted by atomic mass is 9.80. The predicted octanol–water partition coefficient (Wildman–Crippen LogP) is 3.34. The maximum absolute atomic E-state index is 12.6. The summed E-state index contributed by atoms with van der Waals surface area (Å²) >= 11 is 6.24. The Balaban J connectivity index is 2.24. The van der Waals surface area contributed by atoms with Crippen molar-refractivity contribution in [2.45, 2.75) is 12.0 Å². The summed E-state index contributed by atoms with van der Waals surface area (Å²) < 4.78 is 0. The molecule has 1 amide bonds. The molecule has 0 fully saturated rings. The largest absolute Gasteiger partial charge is 0.481 e. The first-order valence-corrected chi connectivity index (χ1v) is 7.23. The van der Waals surface area contributed by atoms with E-state index in [0.717, 1.165) is 0 Å². The third-order valence-corrected chi connectivity index (χ3v) is 4.41. The molecule has 1 aliphatic heterocycles. The minimum absolute atomic E-state index is 0.196. The first kappa shape index (κ1) is 14.6. The zero-order chi connectivity index (χ0) is 15.9. The van der Waals surface area contributed by atoms with Gasteiger partial charge in [-0.3, -0.25) is 9.59 Å². The molecule has 0 unspecified atom stereocenters. The molecule has 0 bridgehead atoms. The topological polar surface area (TPSA) is 57.6 Å². The lowest BCUT2D eigenvalue weighted by Gasteiger charge is -2.38. The Hall–Kier alpha value is -2.33. The molecule has 3 rings (SSSR count). The number of halogens is 1. The van der Waals surface area contributed by atoms with Crippen molar-refractivity contribution in [3.05, 3.63) is 70.2 Å². The molecule has 2 aromatic carbocycles. The van der Waals surface area contributed by atoms with Crippen molar-refractivity contribution in [1.29, 1.82) is 0 Å². The molecule has 1 aliphatic rings. The number of carboxylic acids is 1. The highest BCUT2D eigenvalue weighted by molar-refractivity contribution is 6.31. The maximum atomic E-state index is 12.6. The molecule has 2 aromatic rings. The van der Waals surface area contributed by atoms with E-state index in [2.05, 4.69) is 0 Å². The Kier molecular flexibility index (Phi) is 3.62. The van der Waals surface area contributed by atoms with Crippen LogP contribution in [0.2, 0.25) is 5.02 Å². The molecule has 5 heteroatoms. The summed E-state index contributed by atoms with van der Waals surface area (Å²) in [6.45, 7) is 0. The van der Waals surface area contributed by atoms with Crippen LogP contribution in [-0.2, 0) is 4.79 Å². The van der Waals surface area contributed by atoms with Crippen LogP contribution in [0.4, 0.5) is 0 Å². The standard InChI is InChI=1S/C17H14ClNO3/c1-19-15(12-8-4-5-9-13(12)18)14(17(21)22)10-6-2-3-7-11(10)16(19)20/h2-9,14-15H,1H3,(H,21,22)/t14-,15+/m1/s1. The summed E-state index contributed by atoms with van der Waals surface area (Å²) in [6, 6.07) is 13.2. The highest BCUT2D eigenvalue weighted by atomic mass is 35.5. The fraction of sp³-hybridized carbons (Fsp3) is 0.176. The predicted molar refractivity (Wildman–Crippen MR) is 83.1 cm³/mol. The monoisotopic (exact) mass is 315 g/mol. The zero-order valence-electron chi connectivity index (χ0n) is 11.9. The van der Waals surface area contributed by atoms with Crippen LogP contribution in [0.5, 0.6) is 0 Å². The molecule has 4 nitrogen and oxygen atoms in total. The highest BCUT2D eigenvalue weighted by Gasteiger charge is 2.43. The highest BCUT2D eigenvalue weighted by Crippen LogP contribution is 2.43. The molecule has 112 valence electrons. The van der Waals surface area contributed by atoms with Crippen LogP contribution < -0.4 is 0 Å². The van der Waals surface area contributed by atoms with Crippen LogP contribution in [0.1, 0.15) is 33.4 Å². The van der Waals surface area contributed by atoms with Crippen LogP contribution >= 0.6 is 11.6 Å². The lowest BCUT2D eigenvalue weighted by Crippen LogP contribution is -2.42. The lowest BCUT2D eigenvalue weighted by molar-refractivity contribution is -0.140. The number of carboxylic acid groups (broad SMARTS) is 1. The summed E-state index contributed by atoms with van der Waals surface area (Å²) in [7, 11) is 1.61. The molecule has 0 saturated carbocycles. The number of hydrogen-bond acceptors (Lipinski definition) is 2. The third kappa shape index (κ3) is 2.16. The van der Waals surface area contributed by atoms with Crippen LogP contribution in [0.15, 0.2) is 48.5 Å². The van der Waals surface area contributed by atoms with E-state index in [1.165, 1.54) is 4.90 Å². The van der Waals surface area contributed by atoms with E-state index in [0.29, 0.717) is 21.7 Å². The van der Waals surface area contributed by atoms with E-state index in [4.69, 9.17) is 11.6 Å². The number of amides is 1. The number of carbonyl (C=O) groups excluding carboxylic acids is 1. The third-order valence-electron chi connectivity index (χ3n) is 4.07. The number of nitrogens with zero attached hydrogens (tertiary/aromatic N) is 1. The molecular weight excluding hydrogens is 302 g/mol. The van der Waals surface area contributed by atoms with Crippen LogP contribution in [0, 0.1) is 0 Å². The number of rotatable bonds is 2. The van der Waals surface area contributed by atoms with Crippen molar-refractivity contribution in [3.63, 3.8) is 0 Å². The van der Waals surface area contributed by atoms with Gasteiger partial charge in [-0.15, -0.1) is 0 Å². The van der Waals surface area contributed by atoms with Crippen molar-refractivity contribution in [2.75, 3.05) is 7.05 Å². The van der Waals surface area contributed by atoms with Crippen molar-refractivity contribution in [1.82, 2.24) is 4.90 Å². The van der Waals surface area contributed by atoms with Gasteiger partial charge in [-0.25, -0.2) is 0 Å². The second-order valence-corrected chi connectivity index (χ2v) is 5.69. The number of aliphatic carboxylic acids is 1. The Morgan fingerprint density at radius 1 is 1.09 bits per heavy atom. The van der Waals surface area contributed by atoms with Gasteiger partial charge in [0, 0.05) is 17.6 Å². The first-order chi connectivity index (χ1) is 10.5. The Morgan fingerprint density at radius 2 is 1.68 bits per heavy atom. The van der Waals surface area contributed by atoms with E-state index < -0.39 is 17.9 Å². The summed E-state index contributed by atoms with van der Waals surface area (Å²) in [6.07, 6.45) is 0. The Labute approximate surface area is 132 Å². The molecule has 1 N–H and O–H groups in total. The average Bonchev–Trinajstić information content (AvgIpc) is 2.51. The van der Waals surface area contributed by atoms with Gasteiger partial charge in [0.1, 0.15) is 5.92 Å². The van der Waals surface area contributed by atoms with Crippen LogP contribution in [0.3, 0.4) is 0 Å². The van der Waals surface area contributed by atoms with E-state index in [1.807, 2.05) is 0 Å². The molecule has 0 aliphatic carbocycles. The van der Waals surface area contributed by atoms with Gasteiger partial charge in [0.2, 0.25) is 0 Å². The van der Waals surface area contributed by atoms with Gasteiger partial charge in [0.25, 0.3) is 5.91 Å². The van der Waals surface area contributed by atoms with Gasteiger partial charge in [-0.1, -0.05) is 48.0 Å². The van der Waals surface area contributed by atoms with Gasteiger partial charge in [-0.2, -0.15) is 0 Å². The molecular formula is C17H14ClNO3. The van der Waals surface area contributed by atoms with E-state index in [1.54, 1.807) is 55.6 Å². The first-order valence-electron chi connectivity index (χ1n) is 6.85. The zero-order valence-corrected chi connectivity index (χ0v) is 12.6. The van der Waals surface area contributed by atoms with E-state index in [9.17, 15) is 14.7 Å². The smallest absolute Gasteiger partial charge is 0.313 e. The second kappa shape index (κ2) is 5.46. The number of carbonyl (C=O) groups is 2. The number of fused-ring (bicyclic) bond motifs is 1. The minimum atomic E-state index is -0.975. The SMILES string of the molecule is CN1C(=O)c2ccccc2[C@@H](C(=O)O)[C@@H]1c1ccccc1Cl.